The summed E-state index contributed by atoms with van der Waals surface area (Å²) >= 11 is 3.36. The second-order valence-corrected chi connectivity index (χ2v) is 6.61. The molecule has 0 saturated heterocycles. The number of carbonyl (C=O) groups is 1. The van der Waals surface area contributed by atoms with Gasteiger partial charge in [0.25, 0.3) is 5.91 Å². The number of halogens is 1. The summed E-state index contributed by atoms with van der Waals surface area (Å²) in [5, 5.41) is 4.37. The largest absolute Gasteiger partial charge is 0.330 e. The zero-order valence-electron chi connectivity index (χ0n) is 12.2. The van der Waals surface area contributed by atoms with Gasteiger partial charge in [-0.15, -0.1) is 0 Å². The molecule has 6 heteroatoms. The van der Waals surface area contributed by atoms with Crippen molar-refractivity contribution in [3.05, 3.63) is 51.9 Å². The summed E-state index contributed by atoms with van der Waals surface area (Å²) in [6.45, 7) is 2.85. The summed E-state index contributed by atoms with van der Waals surface area (Å²) in [5.41, 5.74) is 3.89. The van der Waals surface area contributed by atoms with Gasteiger partial charge in [-0.1, -0.05) is 17.7 Å². The summed E-state index contributed by atoms with van der Waals surface area (Å²) in [6, 6.07) is 1.86. The van der Waals surface area contributed by atoms with Crippen LogP contribution in [0.4, 0.5) is 0 Å². The van der Waals surface area contributed by atoms with E-state index in [2.05, 4.69) is 45.1 Å². The second-order valence-electron chi connectivity index (χ2n) is 5.69. The number of allylic oxidation sites excluding steroid dienone is 1. The quantitative estimate of drug-likeness (QED) is 0.787. The second kappa shape index (κ2) is 5.05. The molecule has 0 aromatic carbocycles. The maximum Gasteiger partial charge on any atom is 0.274 e. The van der Waals surface area contributed by atoms with Crippen LogP contribution in [-0.2, 0) is 0 Å². The molecule has 2 aromatic heterocycles. The monoisotopic (exact) mass is 358 g/mol. The first-order valence-electron chi connectivity index (χ1n) is 7.34. The molecule has 5 nitrogen and oxygen atoms in total. The molecule has 1 aliphatic heterocycles. The average Bonchev–Trinajstić information content (AvgIpc) is 3.12. The Kier molecular flexibility index (Phi) is 3.14. The fourth-order valence-corrected chi connectivity index (χ4v) is 3.54. The number of rotatable bonds is 1. The minimum atomic E-state index is -0.0269. The van der Waals surface area contributed by atoms with Crippen molar-refractivity contribution >= 4 is 27.5 Å². The summed E-state index contributed by atoms with van der Waals surface area (Å²) in [5.74, 6) is -0.0269. The van der Waals surface area contributed by atoms with Crippen molar-refractivity contribution in [2.75, 3.05) is 6.54 Å². The molecule has 4 rings (SSSR count). The Hall–Kier alpha value is -1.95. The number of aromatic nitrogens is 3. The molecular formula is C16H15BrN4O. The fraction of sp³-hybridized carbons (Fsp3) is 0.312. The van der Waals surface area contributed by atoms with Crippen molar-refractivity contribution in [1.82, 2.24) is 19.5 Å². The van der Waals surface area contributed by atoms with Crippen LogP contribution in [0.5, 0.6) is 0 Å². The number of carbonyl (C=O) groups excluding carboxylic acids is 1. The standard InChI is InChI=1S/C16H15BrN4O/c1-10-13-4-2-3-11(13)5-6-20(10)16(22)14-7-15-18-8-12(17)9-21(15)19-14/h2,4,7-10H,3,5-6H2,1H3. The van der Waals surface area contributed by atoms with Crippen molar-refractivity contribution in [3.8, 4) is 0 Å². The maximum absolute atomic E-state index is 12.8. The summed E-state index contributed by atoms with van der Waals surface area (Å²) in [4.78, 5) is 19.0. The van der Waals surface area contributed by atoms with Gasteiger partial charge in [0.1, 0.15) is 0 Å². The first-order valence-corrected chi connectivity index (χ1v) is 8.13. The molecule has 1 aliphatic carbocycles. The van der Waals surface area contributed by atoms with Crippen LogP contribution in [0.1, 0.15) is 30.3 Å². The molecule has 0 bridgehead atoms. The highest BCUT2D eigenvalue weighted by Crippen LogP contribution is 2.32. The molecule has 0 radical (unpaired) electrons. The van der Waals surface area contributed by atoms with E-state index in [-0.39, 0.29) is 11.9 Å². The average molecular weight is 359 g/mol. The highest BCUT2D eigenvalue weighted by Gasteiger charge is 2.31. The SMILES string of the molecule is CC1C2=C(CC=C2)CCN1C(=O)c1cc2ncc(Br)cn2n1. The van der Waals surface area contributed by atoms with E-state index in [4.69, 9.17) is 0 Å². The van der Waals surface area contributed by atoms with Crippen LogP contribution in [0, 0.1) is 0 Å². The number of nitrogens with zero attached hydrogens (tertiary/aromatic N) is 4. The molecule has 1 unspecified atom stereocenters. The number of fused-ring (bicyclic) bond motifs is 1. The lowest BCUT2D eigenvalue weighted by Gasteiger charge is -2.34. The molecule has 3 heterocycles. The highest BCUT2D eigenvalue weighted by molar-refractivity contribution is 9.10. The lowest BCUT2D eigenvalue weighted by molar-refractivity contribution is 0.0703. The maximum atomic E-state index is 12.8. The molecule has 112 valence electrons. The van der Waals surface area contributed by atoms with Gasteiger partial charge in [-0.3, -0.25) is 4.79 Å². The predicted octanol–water partition coefficient (Wildman–Crippen LogP) is 2.98. The lowest BCUT2D eigenvalue weighted by Crippen LogP contribution is -2.43. The number of amides is 1. The van der Waals surface area contributed by atoms with Crippen molar-refractivity contribution in [3.63, 3.8) is 0 Å². The van der Waals surface area contributed by atoms with Crippen molar-refractivity contribution < 1.29 is 4.79 Å². The van der Waals surface area contributed by atoms with Crippen LogP contribution >= 0.6 is 15.9 Å². The Balaban J connectivity index is 1.67. The molecule has 0 fully saturated rings. The minimum Gasteiger partial charge on any atom is -0.330 e. The van der Waals surface area contributed by atoms with E-state index in [1.807, 2.05) is 4.90 Å². The lowest BCUT2D eigenvalue weighted by atomic mass is 9.95. The van der Waals surface area contributed by atoms with Crippen LogP contribution in [0.25, 0.3) is 5.65 Å². The first kappa shape index (κ1) is 13.7. The van der Waals surface area contributed by atoms with Crippen LogP contribution in [0.2, 0.25) is 0 Å². The Labute approximate surface area is 136 Å². The molecule has 22 heavy (non-hydrogen) atoms. The van der Waals surface area contributed by atoms with Gasteiger partial charge >= 0.3 is 0 Å². The van der Waals surface area contributed by atoms with Crippen molar-refractivity contribution in [2.24, 2.45) is 0 Å². The third-order valence-corrected chi connectivity index (χ3v) is 4.81. The first-order chi connectivity index (χ1) is 10.6. The zero-order chi connectivity index (χ0) is 15.3. The van der Waals surface area contributed by atoms with E-state index < -0.39 is 0 Å². The van der Waals surface area contributed by atoms with Gasteiger partial charge in [-0.25, -0.2) is 9.50 Å². The minimum absolute atomic E-state index is 0.0269. The summed E-state index contributed by atoms with van der Waals surface area (Å²) in [6.07, 6.45) is 9.83. The van der Waals surface area contributed by atoms with E-state index in [0.717, 1.165) is 23.9 Å². The molecule has 0 saturated carbocycles. The van der Waals surface area contributed by atoms with Gasteiger partial charge < -0.3 is 4.90 Å². The van der Waals surface area contributed by atoms with Gasteiger partial charge in [0, 0.05) is 25.0 Å². The number of hydrogen-bond acceptors (Lipinski definition) is 3. The molecule has 0 spiro atoms. The van der Waals surface area contributed by atoms with E-state index >= 15 is 0 Å². The van der Waals surface area contributed by atoms with Crippen molar-refractivity contribution in [1.29, 1.82) is 0 Å². The molecule has 1 atom stereocenters. The number of hydrogen-bond donors (Lipinski definition) is 0. The molecule has 0 N–H and O–H groups in total. The van der Waals surface area contributed by atoms with E-state index in [1.165, 1.54) is 11.1 Å². The van der Waals surface area contributed by atoms with Crippen molar-refractivity contribution in [2.45, 2.75) is 25.8 Å². The van der Waals surface area contributed by atoms with Gasteiger partial charge in [-0.2, -0.15) is 5.10 Å². The fourth-order valence-electron chi connectivity index (χ4n) is 3.24. The zero-order valence-corrected chi connectivity index (χ0v) is 13.7. The normalized spacial score (nSPS) is 20.8. The Bertz CT molecular complexity index is 836. The van der Waals surface area contributed by atoms with Crippen LogP contribution < -0.4 is 0 Å². The topological polar surface area (TPSA) is 50.5 Å². The van der Waals surface area contributed by atoms with Gasteiger partial charge in [-0.05, 0) is 41.3 Å². The summed E-state index contributed by atoms with van der Waals surface area (Å²) < 4.78 is 2.46. The van der Waals surface area contributed by atoms with Gasteiger partial charge in [0.15, 0.2) is 11.3 Å². The van der Waals surface area contributed by atoms with E-state index in [1.54, 1.807) is 23.0 Å². The predicted molar refractivity (Wildman–Crippen MR) is 86.6 cm³/mol. The van der Waals surface area contributed by atoms with Crippen LogP contribution in [-0.4, -0.2) is 38.0 Å². The van der Waals surface area contributed by atoms with Crippen LogP contribution in [0.15, 0.2) is 46.2 Å². The molecule has 2 aromatic rings. The smallest absolute Gasteiger partial charge is 0.274 e. The Morgan fingerprint density at radius 2 is 2.32 bits per heavy atom. The third kappa shape index (κ3) is 2.09. The highest BCUT2D eigenvalue weighted by atomic mass is 79.9. The molecule has 1 amide bonds. The molecular weight excluding hydrogens is 344 g/mol. The van der Waals surface area contributed by atoms with E-state index in [9.17, 15) is 4.79 Å². The van der Waals surface area contributed by atoms with Gasteiger partial charge in [0.05, 0.1) is 10.5 Å². The van der Waals surface area contributed by atoms with Gasteiger partial charge in [0.2, 0.25) is 0 Å². The third-order valence-electron chi connectivity index (χ3n) is 4.40. The molecule has 2 aliphatic rings. The summed E-state index contributed by atoms with van der Waals surface area (Å²) in [7, 11) is 0. The van der Waals surface area contributed by atoms with E-state index in [0.29, 0.717) is 11.3 Å². The Morgan fingerprint density at radius 3 is 3.18 bits per heavy atom. The Morgan fingerprint density at radius 1 is 1.45 bits per heavy atom. The van der Waals surface area contributed by atoms with Crippen LogP contribution in [0.3, 0.4) is 0 Å².